The fraction of sp³-hybridized carbons (Fsp3) is 0.667. The number of rotatable bonds is 2. The highest BCUT2D eigenvalue weighted by molar-refractivity contribution is 7.17. The second-order valence-corrected chi connectivity index (χ2v) is 6.07. The summed E-state index contributed by atoms with van der Waals surface area (Å²) in [6.07, 6.45) is 5.79. The minimum absolute atomic E-state index is 0.0268. The number of amides is 1. The highest BCUT2D eigenvalue weighted by Gasteiger charge is 2.29. The number of aromatic nitrogens is 1. The van der Waals surface area contributed by atoms with Crippen molar-refractivity contribution in [1.82, 2.24) is 10.3 Å². The molecule has 1 saturated carbocycles. The monoisotopic (exact) mass is 253 g/mol. The number of hydrogen-bond donors (Lipinski definition) is 2. The predicted molar refractivity (Wildman–Crippen MR) is 70.2 cm³/mol. The van der Waals surface area contributed by atoms with Crippen molar-refractivity contribution in [3.8, 4) is 0 Å². The van der Waals surface area contributed by atoms with E-state index in [0.29, 0.717) is 10.0 Å². The second kappa shape index (κ2) is 4.64. The maximum absolute atomic E-state index is 12.2. The molecule has 0 bridgehead atoms. The van der Waals surface area contributed by atoms with Crippen molar-refractivity contribution in [3.63, 3.8) is 0 Å². The first-order valence-electron chi connectivity index (χ1n) is 6.06. The second-order valence-electron chi connectivity index (χ2n) is 5.04. The van der Waals surface area contributed by atoms with Crippen molar-refractivity contribution in [2.24, 2.45) is 0 Å². The summed E-state index contributed by atoms with van der Waals surface area (Å²) in [5, 5.41) is 3.60. The molecule has 3 N–H and O–H groups in total. The molecular formula is C12H19N3OS. The van der Waals surface area contributed by atoms with Crippen LogP contribution in [0.2, 0.25) is 0 Å². The van der Waals surface area contributed by atoms with Gasteiger partial charge >= 0.3 is 0 Å². The molecule has 0 atom stereocenters. The number of carbonyl (C=O) groups excluding carboxylic acids is 1. The number of aryl methyl sites for hydroxylation is 1. The maximum Gasteiger partial charge on any atom is 0.263 e. The third-order valence-corrected chi connectivity index (χ3v) is 4.38. The molecule has 4 nitrogen and oxygen atoms in total. The van der Waals surface area contributed by atoms with E-state index in [1.807, 2.05) is 6.92 Å². The van der Waals surface area contributed by atoms with Gasteiger partial charge in [0.05, 0.1) is 5.69 Å². The lowest BCUT2D eigenvalue weighted by atomic mass is 9.83. The Kier molecular flexibility index (Phi) is 3.38. The summed E-state index contributed by atoms with van der Waals surface area (Å²) in [6, 6.07) is 0. The summed E-state index contributed by atoms with van der Waals surface area (Å²) >= 11 is 1.26. The molecule has 2 rings (SSSR count). The van der Waals surface area contributed by atoms with Crippen molar-refractivity contribution in [1.29, 1.82) is 0 Å². The Balaban J connectivity index is 2.08. The first-order valence-corrected chi connectivity index (χ1v) is 6.87. The number of carbonyl (C=O) groups is 1. The van der Waals surface area contributed by atoms with Crippen molar-refractivity contribution in [2.75, 3.05) is 5.73 Å². The van der Waals surface area contributed by atoms with Crippen molar-refractivity contribution < 1.29 is 4.79 Å². The van der Waals surface area contributed by atoms with Gasteiger partial charge in [-0.2, -0.15) is 0 Å². The number of nitrogen functional groups attached to an aromatic ring is 1. The average molecular weight is 253 g/mol. The van der Waals surface area contributed by atoms with E-state index in [0.717, 1.165) is 18.5 Å². The van der Waals surface area contributed by atoms with Gasteiger partial charge in [-0.15, -0.1) is 0 Å². The van der Waals surface area contributed by atoms with Crippen molar-refractivity contribution in [2.45, 2.75) is 51.5 Å². The number of hydrogen-bond acceptors (Lipinski definition) is 4. The third-order valence-electron chi connectivity index (χ3n) is 3.39. The Labute approximate surface area is 106 Å². The fourth-order valence-electron chi connectivity index (χ4n) is 2.42. The molecule has 1 fully saturated rings. The van der Waals surface area contributed by atoms with E-state index in [4.69, 9.17) is 5.73 Å². The lowest BCUT2D eigenvalue weighted by Gasteiger charge is -2.34. The molecule has 1 aliphatic carbocycles. The highest BCUT2D eigenvalue weighted by atomic mass is 32.1. The molecule has 0 aromatic carbocycles. The first-order chi connectivity index (χ1) is 8.00. The van der Waals surface area contributed by atoms with E-state index in [9.17, 15) is 4.79 Å². The van der Waals surface area contributed by atoms with E-state index in [1.165, 1.54) is 30.6 Å². The minimum Gasteiger partial charge on any atom is -0.375 e. The van der Waals surface area contributed by atoms with Crippen LogP contribution in [0.1, 0.15) is 54.4 Å². The number of nitrogens with one attached hydrogen (secondary N) is 1. The third kappa shape index (κ3) is 2.77. The quantitative estimate of drug-likeness (QED) is 0.851. The predicted octanol–water partition coefficient (Wildman–Crippen LogP) is 2.49. The van der Waals surface area contributed by atoms with Gasteiger partial charge in [0.25, 0.3) is 5.91 Å². The van der Waals surface area contributed by atoms with Gasteiger partial charge in [0.15, 0.2) is 5.13 Å². The maximum atomic E-state index is 12.2. The zero-order valence-corrected chi connectivity index (χ0v) is 11.2. The van der Waals surface area contributed by atoms with Crippen LogP contribution in [0, 0.1) is 6.92 Å². The van der Waals surface area contributed by atoms with Crippen LogP contribution < -0.4 is 11.1 Å². The van der Waals surface area contributed by atoms with Crippen LogP contribution in [0.4, 0.5) is 5.13 Å². The zero-order chi connectivity index (χ0) is 12.5. The number of nitrogens with two attached hydrogens (primary N) is 1. The van der Waals surface area contributed by atoms with Crippen molar-refractivity contribution >= 4 is 22.4 Å². The molecule has 0 aliphatic heterocycles. The van der Waals surface area contributed by atoms with Crippen LogP contribution in [0.5, 0.6) is 0 Å². The molecule has 1 aliphatic rings. The van der Waals surface area contributed by atoms with Crippen molar-refractivity contribution in [3.05, 3.63) is 10.6 Å². The Morgan fingerprint density at radius 3 is 2.59 bits per heavy atom. The van der Waals surface area contributed by atoms with Crippen LogP contribution in [-0.2, 0) is 0 Å². The van der Waals surface area contributed by atoms with Crippen LogP contribution in [0.25, 0.3) is 0 Å². The molecule has 17 heavy (non-hydrogen) atoms. The van der Waals surface area contributed by atoms with Crippen LogP contribution in [0.3, 0.4) is 0 Å². The molecule has 1 aromatic heterocycles. The summed E-state index contributed by atoms with van der Waals surface area (Å²) in [4.78, 5) is 16.9. The zero-order valence-electron chi connectivity index (χ0n) is 10.4. The molecule has 94 valence electrons. The van der Waals surface area contributed by atoms with E-state index in [1.54, 1.807) is 0 Å². The Morgan fingerprint density at radius 1 is 1.41 bits per heavy atom. The van der Waals surface area contributed by atoms with E-state index >= 15 is 0 Å². The lowest BCUT2D eigenvalue weighted by molar-refractivity contribution is 0.0886. The van der Waals surface area contributed by atoms with Gasteiger partial charge in [0.2, 0.25) is 0 Å². The highest BCUT2D eigenvalue weighted by Crippen LogP contribution is 2.29. The van der Waals surface area contributed by atoms with E-state index in [2.05, 4.69) is 17.2 Å². The summed E-state index contributed by atoms with van der Waals surface area (Å²) < 4.78 is 0. The van der Waals surface area contributed by atoms with Gasteiger partial charge in [-0.25, -0.2) is 4.98 Å². The van der Waals surface area contributed by atoms with Crippen LogP contribution in [-0.4, -0.2) is 16.4 Å². The summed E-state index contributed by atoms with van der Waals surface area (Å²) in [7, 11) is 0. The SMILES string of the molecule is Cc1nc(N)sc1C(=O)NC1(C)CCCCC1. The molecule has 0 unspecified atom stereocenters. The van der Waals surface area contributed by atoms with E-state index in [-0.39, 0.29) is 11.4 Å². The topological polar surface area (TPSA) is 68.0 Å². The summed E-state index contributed by atoms with van der Waals surface area (Å²) in [6.45, 7) is 3.95. The molecule has 0 spiro atoms. The first kappa shape index (κ1) is 12.4. The smallest absolute Gasteiger partial charge is 0.263 e. The van der Waals surface area contributed by atoms with Gasteiger partial charge in [-0.05, 0) is 26.7 Å². The number of thiazole rings is 1. The minimum atomic E-state index is -0.0550. The Morgan fingerprint density at radius 2 is 2.06 bits per heavy atom. The van der Waals surface area contributed by atoms with Gasteiger partial charge in [-0.1, -0.05) is 30.6 Å². The molecule has 1 heterocycles. The van der Waals surface area contributed by atoms with Gasteiger partial charge in [0, 0.05) is 5.54 Å². The standard InChI is InChI=1S/C12H19N3OS/c1-8-9(17-11(13)14-8)10(16)15-12(2)6-4-3-5-7-12/h3-7H2,1-2H3,(H2,13,14)(H,15,16). The summed E-state index contributed by atoms with van der Waals surface area (Å²) in [5.74, 6) is -0.0268. The van der Waals surface area contributed by atoms with Gasteiger partial charge in [-0.3, -0.25) is 4.79 Å². The molecule has 0 saturated heterocycles. The molecule has 0 radical (unpaired) electrons. The van der Waals surface area contributed by atoms with E-state index < -0.39 is 0 Å². The summed E-state index contributed by atoms with van der Waals surface area (Å²) in [5.41, 5.74) is 6.28. The Bertz CT molecular complexity index is 421. The Hall–Kier alpha value is -1.10. The van der Waals surface area contributed by atoms with Crippen LogP contribution >= 0.6 is 11.3 Å². The van der Waals surface area contributed by atoms with Crippen LogP contribution in [0.15, 0.2) is 0 Å². The number of anilines is 1. The lowest BCUT2D eigenvalue weighted by Crippen LogP contribution is -2.47. The average Bonchev–Trinajstić information content (AvgIpc) is 2.58. The molecule has 1 amide bonds. The van der Waals surface area contributed by atoms with Gasteiger partial charge < -0.3 is 11.1 Å². The number of nitrogens with zero attached hydrogens (tertiary/aromatic N) is 1. The fourth-order valence-corrected chi connectivity index (χ4v) is 3.14. The molecular weight excluding hydrogens is 234 g/mol. The normalized spacial score (nSPS) is 18.9. The molecule has 5 heteroatoms. The molecule has 1 aromatic rings. The largest absolute Gasteiger partial charge is 0.375 e. The van der Waals surface area contributed by atoms with Gasteiger partial charge in [0.1, 0.15) is 4.88 Å².